The summed E-state index contributed by atoms with van der Waals surface area (Å²) in [5.74, 6) is 0.687. The summed E-state index contributed by atoms with van der Waals surface area (Å²) in [6, 6.07) is 15.7. The minimum absolute atomic E-state index is 0. The van der Waals surface area contributed by atoms with Crippen LogP contribution in [0.15, 0.2) is 48.5 Å². The summed E-state index contributed by atoms with van der Waals surface area (Å²) < 4.78 is 2.01. The van der Waals surface area contributed by atoms with Gasteiger partial charge in [-0.3, -0.25) is 9.69 Å². The predicted octanol–water partition coefficient (Wildman–Crippen LogP) is 5.58. The number of piperazine rings is 1. The van der Waals surface area contributed by atoms with Gasteiger partial charge in [0, 0.05) is 38.4 Å². The molecule has 0 atom stereocenters. The number of anilines is 1. The number of para-hydroxylation sites is 1. The summed E-state index contributed by atoms with van der Waals surface area (Å²) in [4.78, 5) is 22.0. The minimum Gasteiger partial charge on any atom is -0.368 e. The number of carbonyl (C=O) groups excluding carboxylic acids is 1. The van der Waals surface area contributed by atoms with Gasteiger partial charge < -0.3 is 14.8 Å². The smallest absolute Gasteiger partial charge is 0.271 e. The lowest BCUT2D eigenvalue weighted by Crippen LogP contribution is -2.47. The molecule has 1 saturated heterocycles. The second kappa shape index (κ2) is 13.4. The van der Waals surface area contributed by atoms with Gasteiger partial charge in [-0.05, 0) is 51.1 Å². The molecule has 0 unspecified atom stereocenters. The van der Waals surface area contributed by atoms with E-state index in [0.29, 0.717) is 22.3 Å². The average molecular weight is 559 g/mol. The zero-order valence-corrected chi connectivity index (χ0v) is 23.0. The normalized spacial score (nSPS) is 13.7. The van der Waals surface area contributed by atoms with Gasteiger partial charge in [0.2, 0.25) is 0 Å². The SMILES string of the molecule is Cc1nc(C(=O)NCCCN2CCN(c3cccc(Cl)c3Cl)CC2)c(C)n1-c1ccccc1.Cl.Cl. The molecule has 1 aliphatic heterocycles. The molecule has 0 saturated carbocycles. The van der Waals surface area contributed by atoms with Gasteiger partial charge in [-0.15, -0.1) is 24.8 Å². The maximum Gasteiger partial charge on any atom is 0.271 e. The predicted molar refractivity (Wildman–Crippen MR) is 150 cm³/mol. The fourth-order valence-electron chi connectivity index (χ4n) is 4.35. The Morgan fingerprint density at radius 3 is 2.34 bits per heavy atom. The summed E-state index contributed by atoms with van der Waals surface area (Å²) in [6.07, 6.45) is 0.890. The summed E-state index contributed by atoms with van der Waals surface area (Å²) in [5, 5.41) is 4.25. The van der Waals surface area contributed by atoms with E-state index < -0.39 is 0 Å². The van der Waals surface area contributed by atoms with Gasteiger partial charge in [-0.2, -0.15) is 0 Å². The Kier molecular flexibility index (Phi) is 11.2. The first-order valence-corrected chi connectivity index (χ1v) is 12.0. The standard InChI is InChI=1S/C25H29Cl2N5O.2ClH/c1-18-24(29-19(2)32(18)20-8-4-3-5-9-20)25(33)28-12-7-13-30-14-16-31(17-15-30)22-11-6-10-21(26)23(22)27;;/h3-6,8-11H,7,12-17H2,1-2H3,(H,28,33);2*1H. The van der Waals surface area contributed by atoms with Crippen LogP contribution in [-0.2, 0) is 0 Å². The van der Waals surface area contributed by atoms with Crippen molar-refractivity contribution in [2.45, 2.75) is 20.3 Å². The van der Waals surface area contributed by atoms with E-state index in [-0.39, 0.29) is 30.7 Å². The van der Waals surface area contributed by atoms with Crippen LogP contribution in [0.25, 0.3) is 5.69 Å². The Hall–Kier alpha value is -1.96. The van der Waals surface area contributed by atoms with Crippen LogP contribution in [0.1, 0.15) is 28.4 Å². The second-order valence-electron chi connectivity index (χ2n) is 8.28. The van der Waals surface area contributed by atoms with Crippen LogP contribution in [0.2, 0.25) is 10.0 Å². The molecule has 2 heterocycles. The van der Waals surface area contributed by atoms with Crippen LogP contribution >= 0.6 is 48.0 Å². The van der Waals surface area contributed by atoms with Crippen LogP contribution in [0.4, 0.5) is 5.69 Å². The van der Waals surface area contributed by atoms with Gasteiger partial charge in [0.15, 0.2) is 0 Å². The van der Waals surface area contributed by atoms with Crippen molar-refractivity contribution in [1.29, 1.82) is 0 Å². The number of hydrogen-bond donors (Lipinski definition) is 1. The third-order valence-electron chi connectivity index (χ3n) is 6.09. The Labute approximate surface area is 229 Å². The molecule has 1 aromatic heterocycles. The van der Waals surface area contributed by atoms with Crippen molar-refractivity contribution in [3.05, 3.63) is 75.8 Å². The van der Waals surface area contributed by atoms with E-state index in [1.807, 2.05) is 66.9 Å². The van der Waals surface area contributed by atoms with Crippen LogP contribution in [0.3, 0.4) is 0 Å². The summed E-state index contributed by atoms with van der Waals surface area (Å²) >= 11 is 12.5. The molecule has 190 valence electrons. The van der Waals surface area contributed by atoms with Crippen LogP contribution < -0.4 is 10.2 Å². The van der Waals surface area contributed by atoms with E-state index in [2.05, 4.69) is 20.1 Å². The van der Waals surface area contributed by atoms with Gasteiger partial charge in [-0.1, -0.05) is 47.5 Å². The molecule has 6 nitrogen and oxygen atoms in total. The van der Waals surface area contributed by atoms with Crippen LogP contribution in [-0.4, -0.2) is 59.6 Å². The van der Waals surface area contributed by atoms with Crippen LogP contribution in [0.5, 0.6) is 0 Å². The number of rotatable bonds is 7. The number of carbonyl (C=O) groups is 1. The summed E-state index contributed by atoms with van der Waals surface area (Å²) in [7, 11) is 0. The maximum absolute atomic E-state index is 12.7. The monoisotopic (exact) mass is 557 g/mol. The quantitative estimate of drug-likeness (QED) is 0.384. The molecule has 2 aromatic carbocycles. The fourth-order valence-corrected chi connectivity index (χ4v) is 4.77. The van der Waals surface area contributed by atoms with Crippen molar-refractivity contribution in [3.63, 3.8) is 0 Å². The highest BCUT2D eigenvalue weighted by atomic mass is 35.5. The molecule has 4 rings (SSSR count). The summed E-state index contributed by atoms with van der Waals surface area (Å²) in [6.45, 7) is 9.14. The molecule has 1 amide bonds. The van der Waals surface area contributed by atoms with Crippen molar-refractivity contribution in [1.82, 2.24) is 19.8 Å². The number of aryl methyl sites for hydroxylation is 1. The lowest BCUT2D eigenvalue weighted by atomic mass is 10.2. The van der Waals surface area contributed by atoms with Crippen molar-refractivity contribution < 1.29 is 4.79 Å². The number of imidazole rings is 1. The Bertz CT molecular complexity index is 1110. The molecule has 3 aromatic rings. The molecule has 0 spiro atoms. The van der Waals surface area contributed by atoms with E-state index in [4.69, 9.17) is 23.2 Å². The number of nitrogens with one attached hydrogen (secondary N) is 1. The lowest BCUT2D eigenvalue weighted by molar-refractivity contribution is 0.0946. The molecule has 0 radical (unpaired) electrons. The second-order valence-corrected chi connectivity index (χ2v) is 9.06. The molecular weight excluding hydrogens is 528 g/mol. The molecule has 0 aliphatic carbocycles. The molecule has 10 heteroatoms. The minimum atomic E-state index is -0.120. The van der Waals surface area contributed by atoms with Gasteiger partial charge >= 0.3 is 0 Å². The first kappa shape index (κ1) is 29.3. The van der Waals surface area contributed by atoms with Crippen molar-refractivity contribution in [3.8, 4) is 5.69 Å². The largest absolute Gasteiger partial charge is 0.368 e. The number of amides is 1. The lowest BCUT2D eigenvalue weighted by Gasteiger charge is -2.36. The van der Waals surface area contributed by atoms with E-state index >= 15 is 0 Å². The number of halogens is 4. The molecular formula is C25H31Cl4N5O. The van der Waals surface area contributed by atoms with Gasteiger partial charge in [0.1, 0.15) is 11.5 Å². The van der Waals surface area contributed by atoms with Crippen molar-refractivity contribution in [2.75, 3.05) is 44.2 Å². The Balaban J connectivity index is 0.00000216. The molecule has 1 N–H and O–H groups in total. The topological polar surface area (TPSA) is 53.4 Å². The zero-order valence-electron chi connectivity index (χ0n) is 19.8. The number of hydrogen-bond acceptors (Lipinski definition) is 4. The number of benzene rings is 2. The third-order valence-corrected chi connectivity index (χ3v) is 6.89. The third kappa shape index (κ3) is 6.83. The van der Waals surface area contributed by atoms with Crippen LogP contribution in [0, 0.1) is 13.8 Å². The Morgan fingerprint density at radius 1 is 0.971 bits per heavy atom. The van der Waals surface area contributed by atoms with Crippen molar-refractivity contribution >= 4 is 59.6 Å². The average Bonchev–Trinajstić information content (AvgIpc) is 3.13. The highest BCUT2D eigenvalue weighted by molar-refractivity contribution is 6.43. The van der Waals surface area contributed by atoms with E-state index in [0.717, 1.165) is 62.0 Å². The van der Waals surface area contributed by atoms with E-state index in [9.17, 15) is 4.79 Å². The van der Waals surface area contributed by atoms with E-state index in [1.165, 1.54) is 0 Å². The molecule has 1 aliphatic rings. The Morgan fingerprint density at radius 2 is 1.66 bits per heavy atom. The fraction of sp³-hybridized carbons (Fsp3) is 0.360. The zero-order chi connectivity index (χ0) is 23.4. The van der Waals surface area contributed by atoms with Crippen molar-refractivity contribution in [2.24, 2.45) is 0 Å². The molecule has 0 bridgehead atoms. The molecule has 35 heavy (non-hydrogen) atoms. The van der Waals surface area contributed by atoms with Gasteiger partial charge in [0.05, 0.1) is 21.4 Å². The first-order valence-electron chi connectivity index (χ1n) is 11.3. The highest BCUT2D eigenvalue weighted by Gasteiger charge is 2.20. The molecule has 1 fully saturated rings. The number of aromatic nitrogens is 2. The maximum atomic E-state index is 12.7. The van der Waals surface area contributed by atoms with Gasteiger partial charge in [-0.25, -0.2) is 4.98 Å². The van der Waals surface area contributed by atoms with Gasteiger partial charge in [0.25, 0.3) is 5.91 Å². The summed E-state index contributed by atoms with van der Waals surface area (Å²) in [5.41, 5.74) is 3.35. The highest BCUT2D eigenvalue weighted by Crippen LogP contribution is 2.32. The van der Waals surface area contributed by atoms with E-state index in [1.54, 1.807) is 0 Å². The first-order chi connectivity index (χ1) is 16.0. The number of nitrogens with zero attached hydrogens (tertiary/aromatic N) is 4.